The SMILES string of the molecule is NS(=O)(=O)c1ccc(CCN2CCN(C(=O)NCc3ccco3)CC2)cc1. The maximum absolute atomic E-state index is 12.2. The summed E-state index contributed by atoms with van der Waals surface area (Å²) in [6.07, 6.45) is 2.40. The van der Waals surface area contributed by atoms with Crippen LogP contribution < -0.4 is 10.5 Å². The molecule has 1 saturated heterocycles. The molecule has 3 rings (SSSR count). The van der Waals surface area contributed by atoms with Crippen LogP contribution in [0.3, 0.4) is 0 Å². The van der Waals surface area contributed by atoms with E-state index >= 15 is 0 Å². The molecule has 8 nitrogen and oxygen atoms in total. The fourth-order valence-corrected chi connectivity index (χ4v) is 3.51. The van der Waals surface area contributed by atoms with Crippen LogP contribution in [0.1, 0.15) is 11.3 Å². The monoisotopic (exact) mass is 392 g/mol. The van der Waals surface area contributed by atoms with E-state index in [1.807, 2.05) is 6.07 Å². The quantitative estimate of drug-likeness (QED) is 0.762. The molecular formula is C18H24N4O4S. The second-order valence-electron chi connectivity index (χ2n) is 6.51. The number of amides is 2. The molecule has 0 radical (unpaired) electrons. The molecule has 27 heavy (non-hydrogen) atoms. The molecule has 0 spiro atoms. The zero-order valence-electron chi connectivity index (χ0n) is 15.0. The fraction of sp³-hybridized carbons (Fsp3) is 0.389. The third-order valence-corrected chi connectivity index (χ3v) is 5.55. The Hall–Kier alpha value is -2.36. The number of furan rings is 1. The van der Waals surface area contributed by atoms with Crippen LogP contribution in [0.15, 0.2) is 52.0 Å². The van der Waals surface area contributed by atoms with Gasteiger partial charge >= 0.3 is 6.03 Å². The van der Waals surface area contributed by atoms with Gasteiger partial charge in [0, 0.05) is 32.7 Å². The van der Waals surface area contributed by atoms with Gasteiger partial charge < -0.3 is 14.6 Å². The highest BCUT2D eigenvalue weighted by Crippen LogP contribution is 2.11. The van der Waals surface area contributed by atoms with Gasteiger partial charge in [-0.1, -0.05) is 12.1 Å². The maximum atomic E-state index is 12.2. The molecule has 146 valence electrons. The van der Waals surface area contributed by atoms with Crippen LogP contribution in [0, 0.1) is 0 Å². The van der Waals surface area contributed by atoms with Gasteiger partial charge in [0.1, 0.15) is 5.76 Å². The van der Waals surface area contributed by atoms with Crippen LogP contribution in [0.2, 0.25) is 0 Å². The Morgan fingerprint density at radius 1 is 1.11 bits per heavy atom. The topological polar surface area (TPSA) is 109 Å². The lowest BCUT2D eigenvalue weighted by Crippen LogP contribution is -2.51. The number of hydrogen-bond donors (Lipinski definition) is 2. The van der Waals surface area contributed by atoms with E-state index in [0.29, 0.717) is 19.6 Å². The van der Waals surface area contributed by atoms with E-state index < -0.39 is 10.0 Å². The van der Waals surface area contributed by atoms with Gasteiger partial charge in [0.15, 0.2) is 0 Å². The summed E-state index contributed by atoms with van der Waals surface area (Å²) in [4.78, 5) is 16.4. The van der Waals surface area contributed by atoms with Crippen molar-refractivity contribution >= 4 is 16.1 Å². The number of sulfonamides is 1. The first-order valence-electron chi connectivity index (χ1n) is 8.81. The lowest BCUT2D eigenvalue weighted by atomic mass is 10.1. The van der Waals surface area contributed by atoms with Crippen LogP contribution in [-0.4, -0.2) is 57.0 Å². The normalized spacial score (nSPS) is 15.7. The van der Waals surface area contributed by atoms with E-state index in [-0.39, 0.29) is 10.9 Å². The molecule has 1 aliphatic heterocycles. The molecule has 0 saturated carbocycles. The first kappa shape index (κ1) is 19.4. The largest absolute Gasteiger partial charge is 0.467 e. The number of piperazine rings is 1. The maximum Gasteiger partial charge on any atom is 0.317 e. The summed E-state index contributed by atoms with van der Waals surface area (Å²) >= 11 is 0. The number of carbonyl (C=O) groups is 1. The zero-order chi connectivity index (χ0) is 19.3. The molecule has 1 aromatic heterocycles. The number of urea groups is 1. The number of primary sulfonamides is 1. The summed E-state index contributed by atoms with van der Waals surface area (Å²) in [5, 5.41) is 7.97. The van der Waals surface area contributed by atoms with Crippen LogP contribution in [0.5, 0.6) is 0 Å². The molecule has 1 aromatic carbocycles. The van der Waals surface area contributed by atoms with Crippen molar-refractivity contribution in [3.05, 3.63) is 54.0 Å². The van der Waals surface area contributed by atoms with Crippen molar-refractivity contribution in [2.45, 2.75) is 17.9 Å². The Morgan fingerprint density at radius 3 is 2.41 bits per heavy atom. The molecule has 2 heterocycles. The van der Waals surface area contributed by atoms with Crippen molar-refractivity contribution in [1.82, 2.24) is 15.1 Å². The van der Waals surface area contributed by atoms with Crippen LogP contribution >= 0.6 is 0 Å². The second-order valence-corrected chi connectivity index (χ2v) is 8.07. The van der Waals surface area contributed by atoms with Gasteiger partial charge in [-0.25, -0.2) is 18.4 Å². The summed E-state index contributed by atoms with van der Waals surface area (Å²) < 4.78 is 27.8. The minimum atomic E-state index is -3.65. The van der Waals surface area contributed by atoms with Crippen LogP contribution in [0.25, 0.3) is 0 Å². The smallest absolute Gasteiger partial charge is 0.317 e. The average molecular weight is 392 g/mol. The summed E-state index contributed by atoms with van der Waals surface area (Å²) in [6, 6.07) is 10.2. The molecule has 0 atom stereocenters. The van der Waals surface area contributed by atoms with Crippen molar-refractivity contribution in [3.8, 4) is 0 Å². The Morgan fingerprint density at radius 2 is 1.81 bits per heavy atom. The molecule has 0 bridgehead atoms. The zero-order valence-corrected chi connectivity index (χ0v) is 15.8. The number of carbonyl (C=O) groups excluding carboxylic acids is 1. The highest BCUT2D eigenvalue weighted by atomic mass is 32.2. The molecule has 3 N–H and O–H groups in total. The first-order chi connectivity index (χ1) is 12.9. The molecule has 2 aromatic rings. The Balaban J connectivity index is 1.39. The number of hydrogen-bond acceptors (Lipinski definition) is 5. The van der Waals surface area contributed by atoms with E-state index in [2.05, 4.69) is 10.2 Å². The Kier molecular flexibility index (Phi) is 6.15. The summed E-state index contributed by atoms with van der Waals surface area (Å²) in [5.41, 5.74) is 1.06. The number of nitrogens with two attached hydrogens (primary N) is 1. The van der Waals surface area contributed by atoms with Crippen LogP contribution in [-0.2, 0) is 23.0 Å². The minimum absolute atomic E-state index is 0.0790. The Labute approximate surface area is 159 Å². The standard InChI is InChI=1S/C18H24N4O4S/c19-27(24,25)17-5-3-15(4-6-17)7-8-21-9-11-22(12-10-21)18(23)20-14-16-2-1-13-26-16/h1-6,13H,7-12,14H2,(H,20,23)(H2,19,24,25). The summed E-state index contributed by atoms with van der Waals surface area (Å²) in [5.74, 6) is 0.732. The number of nitrogens with zero attached hydrogens (tertiary/aromatic N) is 2. The predicted molar refractivity (Wildman–Crippen MR) is 100 cm³/mol. The number of benzene rings is 1. The van der Waals surface area contributed by atoms with E-state index in [9.17, 15) is 13.2 Å². The van der Waals surface area contributed by atoms with Crippen molar-refractivity contribution in [2.75, 3.05) is 32.7 Å². The molecular weight excluding hydrogens is 368 g/mol. The van der Waals surface area contributed by atoms with E-state index in [4.69, 9.17) is 9.56 Å². The van der Waals surface area contributed by atoms with E-state index in [0.717, 1.165) is 37.4 Å². The second kappa shape index (κ2) is 8.55. The van der Waals surface area contributed by atoms with Crippen molar-refractivity contribution < 1.29 is 17.6 Å². The predicted octanol–water partition coefficient (Wildman–Crippen LogP) is 0.997. The van der Waals surface area contributed by atoms with E-state index in [1.165, 1.54) is 12.1 Å². The number of nitrogens with one attached hydrogen (secondary N) is 1. The molecule has 2 amide bonds. The minimum Gasteiger partial charge on any atom is -0.467 e. The van der Waals surface area contributed by atoms with Crippen molar-refractivity contribution in [3.63, 3.8) is 0 Å². The lowest BCUT2D eigenvalue weighted by molar-refractivity contribution is 0.139. The molecule has 0 unspecified atom stereocenters. The van der Waals surface area contributed by atoms with E-state index in [1.54, 1.807) is 29.4 Å². The lowest BCUT2D eigenvalue weighted by Gasteiger charge is -2.34. The third-order valence-electron chi connectivity index (χ3n) is 4.62. The van der Waals surface area contributed by atoms with Gasteiger partial charge in [-0.15, -0.1) is 0 Å². The summed E-state index contributed by atoms with van der Waals surface area (Å²) in [7, 11) is -3.65. The van der Waals surface area contributed by atoms with Crippen molar-refractivity contribution in [2.24, 2.45) is 5.14 Å². The van der Waals surface area contributed by atoms with Gasteiger partial charge in [0.2, 0.25) is 10.0 Å². The van der Waals surface area contributed by atoms with Crippen LogP contribution in [0.4, 0.5) is 4.79 Å². The first-order valence-corrected chi connectivity index (χ1v) is 10.4. The Bertz CT molecular complexity index is 842. The fourth-order valence-electron chi connectivity index (χ4n) is 3.00. The third kappa shape index (κ3) is 5.56. The summed E-state index contributed by atoms with van der Waals surface area (Å²) in [6.45, 7) is 4.21. The van der Waals surface area contributed by atoms with Gasteiger partial charge in [0.25, 0.3) is 0 Å². The van der Waals surface area contributed by atoms with Gasteiger partial charge in [-0.3, -0.25) is 4.90 Å². The molecule has 0 aliphatic carbocycles. The number of rotatable bonds is 6. The van der Waals surface area contributed by atoms with Gasteiger partial charge in [-0.05, 0) is 36.2 Å². The molecule has 1 fully saturated rings. The van der Waals surface area contributed by atoms with Gasteiger partial charge in [0.05, 0.1) is 17.7 Å². The molecule has 9 heteroatoms. The highest BCUT2D eigenvalue weighted by molar-refractivity contribution is 7.89. The van der Waals surface area contributed by atoms with Gasteiger partial charge in [-0.2, -0.15) is 0 Å². The molecule has 1 aliphatic rings. The average Bonchev–Trinajstić information content (AvgIpc) is 3.18. The highest BCUT2D eigenvalue weighted by Gasteiger charge is 2.20. The van der Waals surface area contributed by atoms with Crippen molar-refractivity contribution in [1.29, 1.82) is 0 Å².